The fourth-order valence-electron chi connectivity index (χ4n) is 3.06. The molecule has 0 spiro atoms. The van der Waals surface area contributed by atoms with Gasteiger partial charge in [0.1, 0.15) is 11.9 Å². The summed E-state index contributed by atoms with van der Waals surface area (Å²) in [6.45, 7) is 6.96. The second-order valence-corrected chi connectivity index (χ2v) is 7.24. The van der Waals surface area contributed by atoms with Crippen molar-refractivity contribution in [3.8, 4) is 5.88 Å². The standard InChI is InChI=1S/C18H23N3O3/c1-18(2,3)24-17(23)21-8-4-5-13(10-21)12-6-7-15-14(9-12)16(22)20-11-19-15/h6-7,9,11,13H,4-5,8,10H2,1-3H3,(H,19,20,22). The zero-order chi connectivity index (χ0) is 17.3. The minimum absolute atomic E-state index is 0.0124. The molecular weight excluding hydrogens is 306 g/mol. The maximum atomic E-state index is 12.3. The molecule has 1 fully saturated rings. The van der Waals surface area contributed by atoms with Gasteiger partial charge < -0.3 is 14.7 Å². The third-order valence-electron chi connectivity index (χ3n) is 4.18. The highest BCUT2D eigenvalue weighted by Gasteiger charge is 2.28. The van der Waals surface area contributed by atoms with Crippen molar-refractivity contribution in [2.24, 2.45) is 0 Å². The normalized spacial score (nSPS) is 18.6. The highest BCUT2D eigenvalue weighted by atomic mass is 16.6. The van der Waals surface area contributed by atoms with E-state index in [0.717, 1.165) is 18.4 Å². The van der Waals surface area contributed by atoms with Crippen LogP contribution in [-0.4, -0.2) is 44.8 Å². The van der Waals surface area contributed by atoms with Gasteiger partial charge in [-0.2, -0.15) is 0 Å². The van der Waals surface area contributed by atoms with E-state index < -0.39 is 5.60 Å². The average Bonchev–Trinajstić information content (AvgIpc) is 2.53. The number of nitrogens with zero attached hydrogens (tertiary/aromatic N) is 3. The van der Waals surface area contributed by atoms with Gasteiger partial charge in [0.05, 0.1) is 10.9 Å². The van der Waals surface area contributed by atoms with Crippen molar-refractivity contribution >= 4 is 17.0 Å². The summed E-state index contributed by atoms with van der Waals surface area (Å²) < 4.78 is 5.48. The molecule has 2 aromatic rings. The van der Waals surface area contributed by atoms with Crippen LogP contribution in [0.3, 0.4) is 0 Å². The molecular formula is C18H23N3O3. The summed E-state index contributed by atoms with van der Waals surface area (Å²) in [5.41, 5.74) is 1.31. The summed E-state index contributed by atoms with van der Waals surface area (Å²) in [4.78, 5) is 22.1. The lowest BCUT2D eigenvalue weighted by Crippen LogP contribution is -2.42. The molecule has 0 bridgehead atoms. The van der Waals surface area contributed by atoms with Gasteiger partial charge in [-0.25, -0.2) is 14.8 Å². The number of piperidine rings is 1. The predicted octanol–water partition coefficient (Wildman–Crippen LogP) is 3.45. The van der Waals surface area contributed by atoms with Crippen LogP contribution in [0, 0.1) is 0 Å². The van der Waals surface area contributed by atoms with Gasteiger partial charge in [-0.3, -0.25) is 0 Å². The van der Waals surface area contributed by atoms with Crippen molar-refractivity contribution in [1.82, 2.24) is 14.9 Å². The first-order valence-corrected chi connectivity index (χ1v) is 8.25. The number of hydrogen-bond acceptors (Lipinski definition) is 5. The van der Waals surface area contributed by atoms with E-state index in [2.05, 4.69) is 9.97 Å². The quantitative estimate of drug-likeness (QED) is 0.867. The molecule has 0 aliphatic carbocycles. The molecule has 0 saturated carbocycles. The molecule has 1 amide bonds. The van der Waals surface area contributed by atoms with Gasteiger partial charge in [-0.15, -0.1) is 0 Å². The van der Waals surface area contributed by atoms with E-state index in [9.17, 15) is 9.90 Å². The zero-order valence-electron chi connectivity index (χ0n) is 14.3. The van der Waals surface area contributed by atoms with Crippen LogP contribution >= 0.6 is 0 Å². The zero-order valence-corrected chi connectivity index (χ0v) is 14.3. The Balaban J connectivity index is 1.80. The van der Waals surface area contributed by atoms with E-state index in [-0.39, 0.29) is 17.9 Å². The fourth-order valence-corrected chi connectivity index (χ4v) is 3.06. The van der Waals surface area contributed by atoms with E-state index >= 15 is 0 Å². The largest absolute Gasteiger partial charge is 0.493 e. The lowest BCUT2D eigenvalue weighted by molar-refractivity contribution is 0.0198. The molecule has 1 aromatic carbocycles. The first-order chi connectivity index (χ1) is 11.3. The number of rotatable bonds is 1. The average molecular weight is 329 g/mol. The number of ether oxygens (including phenoxy) is 1. The van der Waals surface area contributed by atoms with Crippen molar-refractivity contribution in [2.45, 2.75) is 45.1 Å². The fraction of sp³-hybridized carbons (Fsp3) is 0.500. The minimum Gasteiger partial charge on any atom is -0.493 e. The van der Waals surface area contributed by atoms with Crippen LogP contribution in [0.5, 0.6) is 5.88 Å². The minimum atomic E-state index is -0.490. The summed E-state index contributed by atoms with van der Waals surface area (Å²) in [7, 11) is 0. The van der Waals surface area contributed by atoms with Gasteiger partial charge in [0.2, 0.25) is 5.88 Å². The third kappa shape index (κ3) is 3.58. The van der Waals surface area contributed by atoms with Gasteiger partial charge >= 0.3 is 6.09 Å². The maximum Gasteiger partial charge on any atom is 0.410 e. The van der Waals surface area contributed by atoms with E-state index in [0.29, 0.717) is 24.0 Å². The molecule has 2 heterocycles. The van der Waals surface area contributed by atoms with Crippen LogP contribution in [0.2, 0.25) is 0 Å². The topological polar surface area (TPSA) is 75.5 Å². The number of aromatic nitrogens is 2. The van der Waals surface area contributed by atoms with Crippen LogP contribution in [-0.2, 0) is 4.74 Å². The number of carbonyl (C=O) groups is 1. The van der Waals surface area contributed by atoms with Crippen LogP contribution in [0.4, 0.5) is 4.79 Å². The third-order valence-corrected chi connectivity index (χ3v) is 4.18. The predicted molar refractivity (Wildman–Crippen MR) is 91.0 cm³/mol. The molecule has 6 heteroatoms. The van der Waals surface area contributed by atoms with E-state index in [1.165, 1.54) is 6.33 Å². The van der Waals surface area contributed by atoms with Crippen LogP contribution in [0.15, 0.2) is 24.5 Å². The summed E-state index contributed by atoms with van der Waals surface area (Å²) in [5, 5.41) is 10.6. The first-order valence-electron chi connectivity index (χ1n) is 8.25. The first kappa shape index (κ1) is 16.5. The lowest BCUT2D eigenvalue weighted by atomic mass is 9.90. The van der Waals surface area contributed by atoms with E-state index in [4.69, 9.17) is 4.74 Å². The van der Waals surface area contributed by atoms with Gasteiger partial charge in [0, 0.05) is 19.0 Å². The van der Waals surface area contributed by atoms with Crippen molar-refractivity contribution in [1.29, 1.82) is 0 Å². The second-order valence-electron chi connectivity index (χ2n) is 7.24. The van der Waals surface area contributed by atoms with Crippen LogP contribution in [0.1, 0.15) is 45.1 Å². The van der Waals surface area contributed by atoms with E-state index in [1.807, 2.05) is 39.0 Å². The Morgan fingerprint density at radius 2 is 2.12 bits per heavy atom. The van der Waals surface area contributed by atoms with Crippen molar-refractivity contribution < 1.29 is 14.6 Å². The summed E-state index contributed by atoms with van der Waals surface area (Å²) in [6, 6.07) is 5.82. The molecule has 1 N–H and O–H groups in total. The molecule has 24 heavy (non-hydrogen) atoms. The number of carbonyl (C=O) groups excluding carboxylic acids is 1. The Morgan fingerprint density at radius 1 is 1.33 bits per heavy atom. The molecule has 1 saturated heterocycles. The summed E-state index contributed by atoms with van der Waals surface area (Å²) in [6.07, 6.45) is 3.01. The maximum absolute atomic E-state index is 12.3. The Labute approximate surface area is 141 Å². The van der Waals surface area contributed by atoms with Gasteiger partial charge in [0.15, 0.2) is 0 Å². The van der Waals surface area contributed by atoms with Crippen molar-refractivity contribution in [3.63, 3.8) is 0 Å². The van der Waals surface area contributed by atoms with Gasteiger partial charge in [-0.05, 0) is 51.3 Å². The van der Waals surface area contributed by atoms with E-state index in [1.54, 1.807) is 4.90 Å². The number of aromatic hydroxyl groups is 1. The monoisotopic (exact) mass is 329 g/mol. The number of hydrogen-bond donors (Lipinski definition) is 1. The molecule has 0 radical (unpaired) electrons. The highest BCUT2D eigenvalue weighted by molar-refractivity contribution is 5.83. The van der Waals surface area contributed by atoms with Crippen molar-refractivity contribution in [2.75, 3.05) is 13.1 Å². The number of amides is 1. The Hall–Kier alpha value is -2.37. The lowest BCUT2D eigenvalue weighted by Gasteiger charge is -2.34. The Bertz CT molecular complexity index is 755. The summed E-state index contributed by atoms with van der Waals surface area (Å²) in [5.74, 6) is 0.205. The molecule has 128 valence electrons. The molecule has 1 aliphatic rings. The molecule has 1 aliphatic heterocycles. The van der Waals surface area contributed by atoms with Gasteiger partial charge in [-0.1, -0.05) is 6.07 Å². The van der Waals surface area contributed by atoms with Crippen molar-refractivity contribution in [3.05, 3.63) is 30.1 Å². The molecule has 1 atom stereocenters. The summed E-state index contributed by atoms with van der Waals surface area (Å²) >= 11 is 0. The second kappa shape index (κ2) is 6.26. The number of likely N-dealkylation sites (tertiary alicyclic amines) is 1. The highest BCUT2D eigenvalue weighted by Crippen LogP contribution is 2.31. The van der Waals surface area contributed by atoms with Crippen LogP contribution in [0.25, 0.3) is 10.9 Å². The smallest absolute Gasteiger partial charge is 0.410 e. The molecule has 6 nitrogen and oxygen atoms in total. The Morgan fingerprint density at radius 3 is 2.88 bits per heavy atom. The molecule has 3 rings (SSSR count). The SMILES string of the molecule is CC(C)(C)OC(=O)N1CCCC(c2ccc3ncnc(O)c3c2)C1. The number of benzene rings is 1. The molecule has 1 aromatic heterocycles. The van der Waals surface area contributed by atoms with Gasteiger partial charge in [0.25, 0.3) is 0 Å². The Kier molecular flexibility index (Phi) is 4.30. The molecule has 1 unspecified atom stereocenters. The van der Waals surface area contributed by atoms with Crippen LogP contribution < -0.4 is 0 Å². The number of fused-ring (bicyclic) bond motifs is 1.